The lowest BCUT2D eigenvalue weighted by Gasteiger charge is -2.28. The van der Waals surface area contributed by atoms with Crippen molar-refractivity contribution in [1.29, 1.82) is 0 Å². The molecule has 2 unspecified atom stereocenters. The van der Waals surface area contributed by atoms with Crippen LogP contribution in [0.3, 0.4) is 0 Å². The molecular weight excluding hydrogens is 546 g/mol. The molecule has 13 nitrogen and oxygen atoms in total. The Morgan fingerprint density at radius 1 is 1.02 bits per heavy atom. The first kappa shape index (κ1) is 26.1. The van der Waals surface area contributed by atoms with Gasteiger partial charge in [0.25, 0.3) is 5.91 Å². The van der Waals surface area contributed by atoms with Crippen LogP contribution in [0.25, 0.3) is 16.9 Å². The highest BCUT2D eigenvalue weighted by Gasteiger charge is 2.44. The van der Waals surface area contributed by atoms with Crippen LogP contribution in [-0.4, -0.2) is 77.5 Å². The van der Waals surface area contributed by atoms with E-state index in [0.29, 0.717) is 28.5 Å². The largest absolute Gasteiger partial charge is 0.507 e. The smallest absolute Gasteiger partial charge is 0.272 e. The number of carbonyl (C=O) groups excluding carboxylic acids is 1. The molecule has 0 aliphatic carbocycles. The first-order chi connectivity index (χ1) is 21.0. The summed E-state index contributed by atoms with van der Waals surface area (Å²) in [4.78, 5) is 30.2. The van der Waals surface area contributed by atoms with Crippen molar-refractivity contribution in [2.45, 2.75) is 24.9 Å². The first-order valence-corrected chi connectivity index (χ1v) is 13.9. The SMILES string of the molecule is Nc1nnc(-c2ccccc2O)cc1N1CCC2C1CCN2c1ccnc(C#CCNC(=O)c2cc3ncccn3n2)n1. The number of phenolic OH excluding ortho intramolecular Hbond substituents is 1. The summed E-state index contributed by atoms with van der Waals surface area (Å²) in [5.41, 5.74) is 9.17. The molecule has 2 aliphatic rings. The van der Waals surface area contributed by atoms with Gasteiger partial charge in [-0.1, -0.05) is 18.1 Å². The Hall–Kier alpha value is -5.77. The summed E-state index contributed by atoms with van der Waals surface area (Å²) in [6, 6.07) is 14.7. The van der Waals surface area contributed by atoms with Gasteiger partial charge in [0.15, 0.2) is 17.2 Å². The van der Waals surface area contributed by atoms with E-state index in [1.165, 1.54) is 0 Å². The number of benzene rings is 1. The molecule has 4 aromatic heterocycles. The van der Waals surface area contributed by atoms with E-state index in [4.69, 9.17) is 10.7 Å². The fraction of sp³-hybridized carbons (Fsp3) is 0.233. The van der Waals surface area contributed by atoms with Crippen LogP contribution in [0.2, 0.25) is 0 Å². The van der Waals surface area contributed by atoms with Gasteiger partial charge >= 0.3 is 0 Å². The first-order valence-electron chi connectivity index (χ1n) is 13.9. The van der Waals surface area contributed by atoms with Gasteiger partial charge in [-0.2, -0.15) is 5.10 Å². The molecule has 43 heavy (non-hydrogen) atoms. The van der Waals surface area contributed by atoms with Crippen LogP contribution in [0.1, 0.15) is 29.2 Å². The monoisotopic (exact) mass is 573 g/mol. The summed E-state index contributed by atoms with van der Waals surface area (Å²) < 4.78 is 1.54. The maximum atomic E-state index is 12.5. The molecule has 0 bridgehead atoms. The third-order valence-electron chi connectivity index (χ3n) is 7.81. The Labute approximate surface area is 246 Å². The highest BCUT2D eigenvalue weighted by Crippen LogP contribution is 2.40. The van der Waals surface area contributed by atoms with Crippen LogP contribution in [0.5, 0.6) is 5.75 Å². The minimum absolute atomic E-state index is 0.126. The normalized spacial score (nSPS) is 17.5. The van der Waals surface area contributed by atoms with Crippen molar-refractivity contribution in [3.05, 3.63) is 78.6 Å². The number of hydrogen-bond acceptors (Lipinski definition) is 11. The van der Waals surface area contributed by atoms with E-state index in [2.05, 4.69) is 52.2 Å². The van der Waals surface area contributed by atoms with Crippen molar-refractivity contribution >= 4 is 28.9 Å². The van der Waals surface area contributed by atoms with Crippen molar-refractivity contribution in [2.24, 2.45) is 0 Å². The minimum Gasteiger partial charge on any atom is -0.507 e. The van der Waals surface area contributed by atoms with E-state index in [-0.39, 0.29) is 36.0 Å². The summed E-state index contributed by atoms with van der Waals surface area (Å²) in [5, 5.41) is 25.7. The molecule has 0 radical (unpaired) electrons. The standard InChI is InChI=1S/C30H27N11O2/c31-29-24(17-20(36-37-29)19-5-1-2-6-25(19)42)39-15-9-23-22(39)10-16-40(23)27-8-13-32-26(35-27)7-3-11-34-30(43)21-18-28-33-12-4-14-41(28)38-21/h1-2,4-6,8,12-14,17-18,22-23,42H,9-11,15-16H2,(H2,31,37)(H,34,43). The lowest BCUT2D eigenvalue weighted by Crippen LogP contribution is -2.37. The fourth-order valence-corrected chi connectivity index (χ4v) is 5.86. The van der Waals surface area contributed by atoms with Gasteiger partial charge in [0, 0.05) is 43.3 Å². The molecule has 4 N–H and O–H groups in total. The summed E-state index contributed by atoms with van der Waals surface area (Å²) >= 11 is 0. The molecule has 0 spiro atoms. The van der Waals surface area contributed by atoms with Crippen molar-refractivity contribution in [2.75, 3.05) is 35.2 Å². The molecule has 13 heteroatoms. The van der Waals surface area contributed by atoms with Crippen LogP contribution >= 0.6 is 0 Å². The number of nitrogens with one attached hydrogen (secondary N) is 1. The number of phenols is 1. The second-order valence-corrected chi connectivity index (χ2v) is 10.3. The molecule has 214 valence electrons. The molecule has 7 rings (SSSR count). The highest BCUT2D eigenvalue weighted by atomic mass is 16.3. The average molecular weight is 574 g/mol. The summed E-state index contributed by atoms with van der Waals surface area (Å²) in [5.74, 6) is 7.26. The number of nitrogens with zero attached hydrogens (tertiary/aromatic N) is 9. The van der Waals surface area contributed by atoms with E-state index in [1.54, 1.807) is 47.4 Å². The Kier molecular flexibility index (Phi) is 6.63. The fourth-order valence-electron chi connectivity index (χ4n) is 5.86. The third kappa shape index (κ3) is 4.99. The topological polar surface area (TPSA) is 164 Å². The second-order valence-electron chi connectivity index (χ2n) is 10.3. The molecule has 1 aromatic carbocycles. The van der Waals surface area contributed by atoms with Crippen molar-refractivity contribution in [3.8, 4) is 28.8 Å². The van der Waals surface area contributed by atoms with Crippen LogP contribution in [-0.2, 0) is 0 Å². The van der Waals surface area contributed by atoms with Gasteiger partial charge in [-0.05, 0) is 49.1 Å². The number of anilines is 3. The molecule has 2 aliphatic heterocycles. The van der Waals surface area contributed by atoms with Crippen LogP contribution in [0.4, 0.5) is 17.3 Å². The van der Waals surface area contributed by atoms with E-state index in [9.17, 15) is 9.90 Å². The maximum Gasteiger partial charge on any atom is 0.272 e. The number of rotatable bonds is 5. The van der Waals surface area contributed by atoms with Gasteiger partial charge < -0.3 is 26.0 Å². The number of nitrogen functional groups attached to an aromatic ring is 1. The van der Waals surface area contributed by atoms with Crippen LogP contribution < -0.4 is 20.9 Å². The predicted molar refractivity (Wildman–Crippen MR) is 159 cm³/mol. The van der Waals surface area contributed by atoms with E-state index >= 15 is 0 Å². The zero-order valence-electron chi connectivity index (χ0n) is 23.0. The number of carbonyl (C=O) groups is 1. The Morgan fingerprint density at radius 2 is 1.86 bits per heavy atom. The Balaban J connectivity index is 1.03. The molecular formula is C30H27N11O2. The lowest BCUT2D eigenvalue weighted by atomic mass is 10.1. The minimum atomic E-state index is -0.332. The number of nitrogens with two attached hydrogens (primary N) is 1. The van der Waals surface area contributed by atoms with Crippen molar-refractivity contribution in [3.63, 3.8) is 0 Å². The quantitative estimate of drug-likeness (QED) is 0.263. The molecule has 1 amide bonds. The number of aromatic nitrogens is 7. The molecule has 0 saturated carbocycles. The summed E-state index contributed by atoms with van der Waals surface area (Å²) in [7, 11) is 0. The van der Waals surface area contributed by atoms with Gasteiger partial charge in [-0.15, -0.1) is 10.2 Å². The third-order valence-corrected chi connectivity index (χ3v) is 7.81. The van der Waals surface area contributed by atoms with E-state index < -0.39 is 0 Å². The van der Waals surface area contributed by atoms with Crippen molar-refractivity contribution in [1.82, 2.24) is 40.1 Å². The second kappa shape index (κ2) is 10.9. The zero-order valence-corrected chi connectivity index (χ0v) is 23.0. The predicted octanol–water partition coefficient (Wildman–Crippen LogP) is 1.90. The summed E-state index contributed by atoms with van der Waals surface area (Å²) in [6.45, 7) is 1.76. The Morgan fingerprint density at radius 3 is 2.72 bits per heavy atom. The molecule has 2 saturated heterocycles. The maximum absolute atomic E-state index is 12.5. The average Bonchev–Trinajstić information content (AvgIpc) is 3.76. The number of para-hydroxylation sites is 1. The highest BCUT2D eigenvalue weighted by molar-refractivity contribution is 5.93. The van der Waals surface area contributed by atoms with Gasteiger partial charge in [-0.3, -0.25) is 4.79 Å². The van der Waals surface area contributed by atoms with Gasteiger partial charge in [0.1, 0.15) is 11.6 Å². The number of aromatic hydroxyl groups is 1. The number of hydrogen-bond donors (Lipinski definition) is 3. The van der Waals surface area contributed by atoms with E-state index in [0.717, 1.165) is 37.4 Å². The number of amides is 1. The molecule has 2 fully saturated rings. The van der Waals surface area contributed by atoms with Crippen LogP contribution in [0.15, 0.2) is 67.1 Å². The molecule has 2 atom stereocenters. The van der Waals surface area contributed by atoms with Crippen LogP contribution in [0, 0.1) is 11.8 Å². The summed E-state index contributed by atoms with van der Waals surface area (Å²) in [6.07, 6.45) is 6.93. The number of fused-ring (bicyclic) bond motifs is 2. The van der Waals surface area contributed by atoms with Gasteiger partial charge in [-0.25, -0.2) is 19.5 Å². The van der Waals surface area contributed by atoms with Gasteiger partial charge in [0.2, 0.25) is 5.82 Å². The van der Waals surface area contributed by atoms with Crippen molar-refractivity contribution < 1.29 is 9.90 Å². The van der Waals surface area contributed by atoms with E-state index in [1.807, 2.05) is 24.3 Å². The zero-order chi connectivity index (χ0) is 29.3. The van der Waals surface area contributed by atoms with Gasteiger partial charge in [0.05, 0.1) is 30.0 Å². The lowest BCUT2D eigenvalue weighted by molar-refractivity contribution is 0.0953. The molecule has 5 aromatic rings. The molecule has 6 heterocycles. The Bertz CT molecular complexity index is 1860.